The predicted octanol–water partition coefficient (Wildman–Crippen LogP) is 4.44. The summed E-state index contributed by atoms with van der Waals surface area (Å²) in [5.74, 6) is 1.84. The van der Waals surface area contributed by atoms with E-state index in [-0.39, 0.29) is 0 Å². The fraction of sp³-hybridized carbons (Fsp3) is 0.650. The summed E-state index contributed by atoms with van der Waals surface area (Å²) in [5.41, 5.74) is 1.44. The number of likely N-dealkylation sites (tertiary alicyclic amines) is 1. The minimum atomic E-state index is 0.421. The lowest BCUT2D eigenvalue weighted by molar-refractivity contribution is -0.133. The highest BCUT2D eigenvalue weighted by Gasteiger charge is 2.25. The lowest BCUT2D eigenvalue weighted by atomic mass is 9.86. The molecular formula is C20H29NO. The molecule has 22 heavy (non-hydrogen) atoms. The van der Waals surface area contributed by atoms with Crippen molar-refractivity contribution in [2.75, 3.05) is 13.1 Å². The number of rotatable bonds is 4. The van der Waals surface area contributed by atoms with Gasteiger partial charge in [0.25, 0.3) is 0 Å². The molecule has 0 aromatic heterocycles. The largest absolute Gasteiger partial charge is 0.343 e. The Bertz CT molecular complexity index is 456. The zero-order valence-electron chi connectivity index (χ0n) is 13.7. The number of amides is 1. The van der Waals surface area contributed by atoms with E-state index in [0.717, 1.165) is 25.4 Å². The summed E-state index contributed by atoms with van der Waals surface area (Å²) in [6.45, 7) is 1.95. The molecule has 1 saturated carbocycles. The fourth-order valence-corrected chi connectivity index (χ4v) is 4.10. The van der Waals surface area contributed by atoms with Crippen molar-refractivity contribution in [3.63, 3.8) is 0 Å². The molecule has 1 aliphatic heterocycles. The van der Waals surface area contributed by atoms with Gasteiger partial charge in [0, 0.05) is 19.5 Å². The van der Waals surface area contributed by atoms with Crippen molar-refractivity contribution in [2.45, 2.75) is 57.8 Å². The van der Waals surface area contributed by atoms with E-state index in [9.17, 15) is 4.79 Å². The molecule has 2 nitrogen and oxygen atoms in total. The normalized spacial score (nSPS) is 21.0. The van der Waals surface area contributed by atoms with Gasteiger partial charge in [-0.25, -0.2) is 0 Å². The van der Waals surface area contributed by atoms with Crippen molar-refractivity contribution >= 4 is 5.91 Å². The average Bonchev–Trinajstić information content (AvgIpc) is 2.57. The summed E-state index contributed by atoms with van der Waals surface area (Å²) >= 11 is 0. The highest BCUT2D eigenvalue weighted by molar-refractivity contribution is 5.76. The van der Waals surface area contributed by atoms with E-state index in [1.807, 2.05) is 0 Å². The first-order chi connectivity index (χ1) is 10.8. The van der Waals surface area contributed by atoms with Gasteiger partial charge in [-0.3, -0.25) is 4.79 Å². The maximum atomic E-state index is 12.5. The number of piperidine rings is 1. The molecule has 0 N–H and O–H groups in total. The van der Waals surface area contributed by atoms with Crippen molar-refractivity contribution in [2.24, 2.45) is 11.8 Å². The fourth-order valence-electron chi connectivity index (χ4n) is 4.10. The number of carbonyl (C=O) groups is 1. The second-order valence-corrected chi connectivity index (χ2v) is 7.22. The van der Waals surface area contributed by atoms with Crippen LogP contribution in [0.3, 0.4) is 0 Å². The lowest BCUT2D eigenvalue weighted by Gasteiger charge is -2.33. The van der Waals surface area contributed by atoms with Gasteiger partial charge in [-0.05, 0) is 49.5 Å². The molecule has 0 atom stereocenters. The summed E-state index contributed by atoms with van der Waals surface area (Å²) < 4.78 is 0. The Balaban J connectivity index is 1.42. The number of nitrogens with zero attached hydrogens (tertiary/aromatic N) is 1. The first-order valence-electron chi connectivity index (χ1n) is 9.13. The van der Waals surface area contributed by atoms with Gasteiger partial charge in [0.1, 0.15) is 0 Å². The summed E-state index contributed by atoms with van der Waals surface area (Å²) in [7, 11) is 0. The van der Waals surface area contributed by atoms with Crippen LogP contribution in [-0.2, 0) is 11.2 Å². The SMILES string of the molecule is O=C(CC1CCCCC1)N1CCC(Cc2ccccc2)CC1. The van der Waals surface area contributed by atoms with Crippen LogP contribution in [0.1, 0.15) is 56.9 Å². The molecule has 2 fully saturated rings. The number of carbonyl (C=O) groups excluding carboxylic acids is 1. The predicted molar refractivity (Wildman–Crippen MR) is 90.6 cm³/mol. The minimum Gasteiger partial charge on any atom is -0.343 e. The Labute approximate surface area is 134 Å². The summed E-state index contributed by atoms with van der Waals surface area (Å²) in [6, 6.07) is 10.8. The van der Waals surface area contributed by atoms with Crippen LogP contribution < -0.4 is 0 Å². The van der Waals surface area contributed by atoms with Crippen LogP contribution in [0.15, 0.2) is 30.3 Å². The van der Waals surface area contributed by atoms with E-state index in [2.05, 4.69) is 35.2 Å². The Morgan fingerprint density at radius 3 is 2.27 bits per heavy atom. The molecule has 120 valence electrons. The van der Waals surface area contributed by atoms with Gasteiger partial charge in [0.2, 0.25) is 5.91 Å². The van der Waals surface area contributed by atoms with Gasteiger partial charge in [0.15, 0.2) is 0 Å². The molecule has 2 aliphatic rings. The molecule has 2 heteroatoms. The van der Waals surface area contributed by atoms with E-state index in [0.29, 0.717) is 11.8 Å². The quantitative estimate of drug-likeness (QED) is 0.805. The molecule has 1 heterocycles. The van der Waals surface area contributed by atoms with Crippen LogP contribution >= 0.6 is 0 Å². The molecule has 0 spiro atoms. The highest BCUT2D eigenvalue weighted by Crippen LogP contribution is 2.28. The maximum absolute atomic E-state index is 12.5. The van der Waals surface area contributed by atoms with E-state index in [1.165, 1.54) is 56.9 Å². The van der Waals surface area contributed by atoms with Crippen molar-refractivity contribution in [1.29, 1.82) is 0 Å². The van der Waals surface area contributed by atoms with E-state index in [4.69, 9.17) is 0 Å². The molecule has 3 rings (SSSR count). The van der Waals surface area contributed by atoms with Gasteiger partial charge < -0.3 is 4.90 Å². The second kappa shape index (κ2) is 7.80. The van der Waals surface area contributed by atoms with Gasteiger partial charge in [-0.15, -0.1) is 0 Å². The monoisotopic (exact) mass is 299 g/mol. The molecule has 0 bridgehead atoms. The molecule has 1 aliphatic carbocycles. The average molecular weight is 299 g/mol. The Morgan fingerprint density at radius 2 is 1.59 bits per heavy atom. The van der Waals surface area contributed by atoms with Gasteiger partial charge >= 0.3 is 0 Å². The third-order valence-electron chi connectivity index (χ3n) is 5.52. The number of hydrogen-bond donors (Lipinski definition) is 0. The van der Waals surface area contributed by atoms with Crippen molar-refractivity contribution in [1.82, 2.24) is 4.90 Å². The molecule has 1 amide bonds. The third-order valence-corrected chi connectivity index (χ3v) is 5.52. The minimum absolute atomic E-state index is 0.421. The van der Waals surface area contributed by atoms with Crippen LogP contribution in [-0.4, -0.2) is 23.9 Å². The summed E-state index contributed by atoms with van der Waals surface area (Å²) in [5, 5.41) is 0. The molecule has 0 unspecified atom stereocenters. The van der Waals surface area contributed by atoms with E-state index < -0.39 is 0 Å². The van der Waals surface area contributed by atoms with Crippen LogP contribution in [0.5, 0.6) is 0 Å². The Morgan fingerprint density at radius 1 is 0.909 bits per heavy atom. The van der Waals surface area contributed by atoms with Crippen molar-refractivity contribution < 1.29 is 4.79 Å². The summed E-state index contributed by atoms with van der Waals surface area (Å²) in [6.07, 6.45) is 10.9. The van der Waals surface area contributed by atoms with E-state index in [1.54, 1.807) is 0 Å². The van der Waals surface area contributed by atoms with Gasteiger partial charge in [0.05, 0.1) is 0 Å². The zero-order chi connectivity index (χ0) is 15.2. The van der Waals surface area contributed by atoms with Gasteiger partial charge in [-0.2, -0.15) is 0 Å². The summed E-state index contributed by atoms with van der Waals surface area (Å²) in [4.78, 5) is 14.6. The molecule has 1 aromatic rings. The third kappa shape index (κ3) is 4.34. The van der Waals surface area contributed by atoms with Crippen LogP contribution in [0.25, 0.3) is 0 Å². The van der Waals surface area contributed by atoms with Crippen LogP contribution in [0, 0.1) is 11.8 Å². The second-order valence-electron chi connectivity index (χ2n) is 7.22. The zero-order valence-corrected chi connectivity index (χ0v) is 13.7. The number of benzene rings is 1. The standard InChI is InChI=1S/C20H29NO/c22-20(16-18-9-5-2-6-10-18)21-13-11-19(12-14-21)15-17-7-3-1-4-8-17/h1,3-4,7-8,18-19H,2,5-6,9-16H2. The number of hydrogen-bond acceptors (Lipinski definition) is 1. The first-order valence-corrected chi connectivity index (χ1v) is 9.13. The molecular weight excluding hydrogens is 270 g/mol. The maximum Gasteiger partial charge on any atom is 0.222 e. The highest BCUT2D eigenvalue weighted by atomic mass is 16.2. The Kier molecular flexibility index (Phi) is 5.53. The smallest absolute Gasteiger partial charge is 0.222 e. The van der Waals surface area contributed by atoms with Gasteiger partial charge in [-0.1, -0.05) is 49.6 Å². The van der Waals surface area contributed by atoms with Crippen LogP contribution in [0.2, 0.25) is 0 Å². The van der Waals surface area contributed by atoms with E-state index >= 15 is 0 Å². The van der Waals surface area contributed by atoms with Crippen molar-refractivity contribution in [3.8, 4) is 0 Å². The molecule has 0 radical (unpaired) electrons. The molecule has 1 saturated heterocycles. The van der Waals surface area contributed by atoms with Crippen molar-refractivity contribution in [3.05, 3.63) is 35.9 Å². The molecule has 1 aromatic carbocycles. The lowest BCUT2D eigenvalue weighted by Crippen LogP contribution is -2.39. The van der Waals surface area contributed by atoms with Crippen LogP contribution in [0.4, 0.5) is 0 Å². The topological polar surface area (TPSA) is 20.3 Å². The Hall–Kier alpha value is -1.31. The first kappa shape index (κ1) is 15.6.